The average molecular weight is 205 g/mol. The van der Waals surface area contributed by atoms with Gasteiger partial charge in [-0.25, -0.2) is 9.97 Å². The van der Waals surface area contributed by atoms with Gasteiger partial charge in [0, 0.05) is 18.8 Å². The Morgan fingerprint density at radius 1 is 1.53 bits per heavy atom. The summed E-state index contributed by atoms with van der Waals surface area (Å²) in [6.07, 6.45) is 7.36. The van der Waals surface area contributed by atoms with E-state index in [4.69, 9.17) is 0 Å². The molecule has 3 nitrogen and oxygen atoms in total. The van der Waals surface area contributed by atoms with Gasteiger partial charge in [0.2, 0.25) is 0 Å². The molecule has 2 rings (SSSR count). The predicted octanol–water partition coefficient (Wildman–Crippen LogP) is 2.14. The van der Waals surface area contributed by atoms with Crippen LogP contribution in [0.15, 0.2) is 18.6 Å². The van der Waals surface area contributed by atoms with Crippen molar-refractivity contribution in [2.24, 2.45) is 5.41 Å². The highest BCUT2D eigenvalue weighted by Gasteiger charge is 2.33. The second-order valence-corrected chi connectivity index (χ2v) is 5.02. The van der Waals surface area contributed by atoms with E-state index >= 15 is 0 Å². The van der Waals surface area contributed by atoms with Gasteiger partial charge in [-0.15, -0.1) is 0 Å². The summed E-state index contributed by atoms with van der Waals surface area (Å²) < 4.78 is 0. The fourth-order valence-corrected chi connectivity index (χ4v) is 2.36. The molecule has 0 spiro atoms. The van der Waals surface area contributed by atoms with E-state index in [9.17, 15) is 0 Å². The molecule has 1 saturated carbocycles. The smallest absolute Gasteiger partial charge is 0.115 e. The summed E-state index contributed by atoms with van der Waals surface area (Å²) >= 11 is 0. The molecule has 1 aromatic heterocycles. The minimum absolute atomic E-state index is 0.438. The Hall–Kier alpha value is -0.960. The zero-order chi connectivity index (χ0) is 10.7. The van der Waals surface area contributed by atoms with E-state index in [0.717, 1.165) is 12.2 Å². The van der Waals surface area contributed by atoms with Crippen molar-refractivity contribution in [3.05, 3.63) is 24.3 Å². The van der Waals surface area contributed by atoms with Crippen molar-refractivity contribution in [3.8, 4) is 0 Å². The van der Waals surface area contributed by atoms with Crippen LogP contribution in [0.1, 0.15) is 38.8 Å². The zero-order valence-corrected chi connectivity index (χ0v) is 9.53. The summed E-state index contributed by atoms with van der Waals surface area (Å²) in [6, 6.07) is 2.60. The summed E-state index contributed by atoms with van der Waals surface area (Å²) in [5.74, 6) is 0. The molecule has 1 atom stereocenters. The molecule has 1 heterocycles. The number of aromatic nitrogens is 2. The van der Waals surface area contributed by atoms with E-state index in [1.165, 1.54) is 19.3 Å². The zero-order valence-electron chi connectivity index (χ0n) is 9.53. The number of hydrogen-bond donors (Lipinski definition) is 1. The second kappa shape index (κ2) is 4.27. The van der Waals surface area contributed by atoms with Crippen LogP contribution in [0.3, 0.4) is 0 Å². The van der Waals surface area contributed by atoms with Crippen LogP contribution in [0.5, 0.6) is 0 Å². The topological polar surface area (TPSA) is 37.8 Å². The Morgan fingerprint density at radius 3 is 3.00 bits per heavy atom. The van der Waals surface area contributed by atoms with Crippen LogP contribution >= 0.6 is 0 Å². The van der Waals surface area contributed by atoms with Gasteiger partial charge in [-0.1, -0.05) is 20.3 Å². The average Bonchev–Trinajstić information content (AvgIpc) is 2.56. The molecule has 3 heteroatoms. The van der Waals surface area contributed by atoms with Gasteiger partial charge in [0.15, 0.2) is 0 Å². The van der Waals surface area contributed by atoms with E-state index < -0.39 is 0 Å². The van der Waals surface area contributed by atoms with Crippen molar-refractivity contribution in [2.45, 2.75) is 45.7 Å². The molecule has 1 aliphatic rings. The summed E-state index contributed by atoms with van der Waals surface area (Å²) in [7, 11) is 0. The molecular formula is C12H19N3. The Morgan fingerprint density at radius 2 is 2.40 bits per heavy atom. The minimum atomic E-state index is 0.438. The Kier molecular flexibility index (Phi) is 3.00. The van der Waals surface area contributed by atoms with Gasteiger partial charge in [0.25, 0.3) is 0 Å². The van der Waals surface area contributed by atoms with E-state index in [1.54, 1.807) is 12.5 Å². The van der Waals surface area contributed by atoms with Gasteiger partial charge < -0.3 is 5.32 Å². The summed E-state index contributed by atoms with van der Waals surface area (Å²) in [5, 5.41) is 3.60. The number of rotatable bonds is 3. The normalized spacial score (nSPS) is 24.3. The molecule has 1 N–H and O–H groups in total. The Balaban J connectivity index is 1.89. The van der Waals surface area contributed by atoms with E-state index in [2.05, 4.69) is 29.1 Å². The molecule has 1 fully saturated rings. The molecule has 0 amide bonds. The van der Waals surface area contributed by atoms with Gasteiger partial charge in [-0.3, -0.25) is 0 Å². The third-order valence-corrected chi connectivity index (χ3v) is 3.43. The highest BCUT2D eigenvalue weighted by atomic mass is 15.0. The fourth-order valence-electron chi connectivity index (χ4n) is 2.36. The fraction of sp³-hybridized carbons (Fsp3) is 0.667. The van der Waals surface area contributed by atoms with Crippen LogP contribution in [0.25, 0.3) is 0 Å². The lowest BCUT2D eigenvalue weighted by atomic mass is 9.87. The van der Waals surface area contributed by atoms with Crippen LogP contribution < -0.4 is 5.32 Å². The maximum absolute atomic E-state index is 4.21. The summed E-state index contributed by atoms with van der Waals surface area (Å²) in [5.41, 5.74) is 1.51. The van der Waals surface area contributed by atoms with E-state index in [-0.39, 0.29) is 0 Å². The van der Waals surface area contributed by atoms with Gasteiger partial charge in [0.1, 0.15) is 6.33 Å². The molecule has 1 aliphatic carbocycles. The van der Waals surface area contributed by atoms with Gasteiger partial charge in [-0.2, -0.15) is 0 Å². The first-order chi connectivity index (χ1) is 7.18. The molecule has 1 aromatic rings. The highest BCUT2D eigenvalue weighted by molar-refractivity contribution is 4.99. The van der Waals surface area contributed by atoms with Crippen molar-refractivity contribution in [2.75, 3.05) is 0 Å². The third kappa shape index (κ3) is 2.53. The first kappa shape index (κ1) is 10.6. The predicted molar refractivity (Wildman–Crippen MR) is 60.3 cm³/mol. The van der Waals surface area contributed by atoms with Crippen LogP contribution in [-0.2, 0) is 6.54 Å². The van der Waals surface area contributed by atoms with E-state index in [1.807, 2.05) is 6.07 Å². The van der Waals surface area contributed by atoms with Crippen molar-refractivity contribution in [1.82, 2.24) is 15.3 Å². The summed E-state index contributed by atoms with van der Waals surface area (Å²) in [6.45, 7) is 5.55. The lowest BCUT2D eigenvalue weighted by Crippen LogP contribution is -2.37. The van der Waals surface area contributed by atoms with E-state index in [0.29, 0.717) is 11.5 Å². The summed E-state index contributed by atoms with van der Waals surface area (Å²) in [4.78, 5) is 8.13. The van der Waals surface area contributed by atoms with Crippen LogP contribution in [0.4, 0.5) is 0 Å². The Bertz CT molecular complexity index is 308. The monoisotopic (exact) mass is 205 g/mol. The Labute approximate surface area is 91.3 Å². The lowest BCUT2D eigenvalue weighted by molar-refractivity contribution is 0.282. The SMILES string of the molecule is CC1(C)CCCC1NCc1ccncn1. The molecule has 0 radical (unpaired) electrons. The lowest BCUT2D eigenvalue weighted by Gasteiger charge is -2.27. The maximum atomic E-state index is 4.21. The van der Waals surface area contributed by atoms with Crippen LogP contribution in [0, 0.1) is 5.41 Å². The number of nitrogens with zero attached hydrogens (tertiary/aromatic N) is 2. The molecule has 15 heavy (non-hydrogen) atoms. The van der Waals surface area contributed by atoms with Crippen molar-refractivity contribution < 1.29 is 0 Å². The van der Waals surface area contributed by atoms with Gasteiger partial charge in [0.05, 0.1) is 5.69 Å². The molecule has 0 saturated heterocycles. The second-order valence-electron chi connectivity index (χ2n) is 5.02. The third-order valence-electron chi connectivity index (χ3n) is 3.43. The first-order valence-corrected chi connectivity index (χ1v) is 5.67. The maximum Gasteiger partial charge on any atom is 0.115 e. The van der Waals surface area contributed by atoms with Crippen molar-refractivity contribution >= 4 is 0 Å². The molecule has 0 aromatic carbocycles. The van der Waals surface area contributed by atoms with Crippen LogP contribution in [0.2, 0.25) is 0 Å². The largest absolute Gasteiger partial charge is 0.308 e. The molecule has 1 unspecified atom stereocenters. The molecule has 0 bridgehead atoms. The first-order valence-electron chi connectivity index (χ1n) is 5.67. The van der Waals surface area contributed by atoms with Gasteiger partial charge in [-0.05, 0) is 24.3 Å². The molecule has 82 valence electrons. The van der Waals surface area contributed by atoms with Gasteiger partial charge >= 0.3 is 0 Å². The molecule has 0 aliphatic heterocycles. The van der Waals surface area contributed by atoms with Crippen molar-refractivity contribution in [1.29, 1.82) is 0 Å². The quantitative estimate of drug-likeness (QED) is 0.821. The number of nitrogens with one attached hydrogen (secondary N) is 1. The molecular weight excluding hydrogens is 186 g/mol. The van der Waals surface area contributed by atoms with Crippen LogP contribution in [-0.4, -0.2) is 16.0 Å². The van der Waals surface area contributed by atoms with Crippen molar-refractivity contribution in [3.63, 3.8) is 0 Å². The standard InChI is InChI=1S/C12H19N3/c1-12(2)6-3-4-11(12)14-8-10-5-7-13-9-15-10/h5,7,9,11,14H,3-4,6,8H2,1-2H3. The number of hydrogen-bond acceptors (Lipinski definition) is 3. The highest BCUT2D eigenvalue weighted by Crippen LogP contribution is 2.37. The minimum Gasteiger partial charge on any atom is -0.308 e.